The number of carbonyl (C=O) groups is 2. The quantitative estimate of drug-likeness (QED) is 0.687. The number of benzene rings is 2. The standard InChI is InChI=1S/C19H20BrFN2O4/c1-19(2,3)27-18(25)23-15-8-5-11(21)9-16(15)22-17(24)13-10-12(26-4)6-7-14(13)20/h5-10H,1-4H3,(H,22,24)(H,23,25). The minimum atomic E-state index is -0.716. The Morgan fingerprint density at radius 2 is 1.74 bits per heavy atom. The van der Waals surface area contributed by atoms with Crippen LogP contribution in [-0.4, -0.2) is 24.7 Å². The van der Waals surface area contributed by atoms with Crippen LogP contribution < -0.4 is 15.4 Å². The fourth-order valence-electron chi connectivity index (χ4n) is 2.14. The highest BCUT2D eigenvalue weighted by molar-refractivity contribution is 9.10. The highest BCUT2D eigenvalue weighted by Gasteiger charge is 2.19. The molecule has 2 N–H and O–H groups in total. The molecule has 0 heterocycles. The van der Waals surface area contributed by atoms with Gasteiger partial charge in [0.15, 0.2) is 0 Å². The molecule has 8 heteroatoms. The van der Waals surface area contributed by atoms with Crippen LogP contribution in [0.3, 0.4) is 0 Å². The van der Waals surface area contributed by atoms with E-state index in [1.807, 2.05) is 0 Å². The van der Waals surface area contributed by atoms with Crippen LogP contribution in [0.1, 0.15) is 31.1 Å². The van der Waals surface area contributed by atoms with Crippen molar-refractivity contribution in [2.24, 2.45) is 0 Å². The summed E-state index contributed by atoms with van der Waals surface area (Å²) in [5, 5.41) is 5.10. The van der Waals surface area contributed by atoms with Crippen molar-refractivity contribution in [2.75, 3.05) is 17.7 Å². The Balaban J connectivity index is 2.26. The van der Waals surface area contributed by atoms with E-state index in [0.717, 1.165) is 6.07 Å². The van der Waals surface area contributed by atoms with Crippen LogP contribution in [0.5, 0.6) is 5.75 Å². The molecule has 0 saturated carbocycles. The topological polar surface area (TPSA) is 76.7 Å². The number of hydrogen-bond donors (Lipinski definition) is 2. The molecule has 0 unspecified atom stereocenters. The molecule has 0 aliphatic rings. The predicted octanol–water partition coefficient (Wildman–Crippen LogP) is 5.20. The summed E-state index contributed by atoms with van der Waals surface area (Å²) in [6, 6.07) is 8.52. The summed E-state index contributed by atoms with van der Waals surface area (Å²) in [6.45, 7) is 5.17. The SMILES string of the molecule is COc1ccc(Br)c(C(=O)Nc2cc(F)ccc2NC(=O)OC(C)(C)C)c1. The van der Waals surface area contributed by atoms with Crippen molar-refractivity contribution in [3.8, 4) is 5.75 Å². The van der Waals surface area contributed by atoms with E-state index in [0.29, 0.717) is 15.8 Å². The van der Waals surface area contributed by atoms with E-state index in [4.69, 9.17) is 9.47 Å². The van der Waals surface area contributed by atoms with Crippen LogP contribution in [0.4, 0.5) is 20.6 Å². The highest BCUT2D eigenvalue weighted by atomic mass is 79.9. The number of ether oxygens (including phenoxy) is 2. The highest BCUT2D eigenvalue weighted by Crippen LogP contribution is 2.27. The lowest BCUT2D eigenvalue weighted by Gasteiger charge is -2.20. The number of carbonyl (C=O) groups excluding carboxylic acids is 2. The number of nitrogens with one attached hydrogen (secondary N) is 2. The van der Waals surface area contributed by atoms with Crippen molar-refractivity contribution in [3.63, 3.8) is 0 Å². The Hall–Kier alpha value is -2.61. The molecule has 0 atom stereocenters. The summed E-state index contributed by atoms with van der Waals surface area (Å²) >= 11 is 3.30. The molecule has 0 saturated heterocycles. The van der Waals surface area contributed by atoms with Crippen LogP contribution in [0.15, 0.2) is 40.9 Å². The normalized spacial score (nSPS) is 10.9. The van der Waals surface area contributed by atoms with E-state index < -0.39 is 23.4 Å². The molecular weight excluding hydrogens is 419 g/mol. The van der Waals surface area contributed by atoms with E-state index >= 15 is 0 Å². The van der Waals surface area contributed by atoms with Gasteiger partial charge in [-0.2, -0.15) is 0 Å². The molecule has 0 aliphatic carbocycles. The van der Waals surface area contributed by atoms with Crippen molar-refractivity contribution in [3.05, 3.63) is 52.3 Å². The third-order valence-corrected chi connectivity index (χ3v) is 3.98. The molecule has 27 heavy (non-hydrogen) atoms. The second kappa shape index (κ2) is 8.39. The summed E-state index contributed by atoms with van der Waals surface area (Å²) in [4.78, 5) is 24.6. The molecular formula is C19H20BrFN2O4. The van der Waals surface area contributed by atoms with Gasteiger partial charge in [-0.1, -0.05) is 0 Å². The molecule has 0 bridgehead atoms. The first-order valence-corrected chi connectivity index (χ1v) is 8.83. The molecule has 2 amide bonds. The van der Waals surface area contributed by atoms with Gasteiger partial charge in [0.2, 0.25) is 0 Å². The number of halogens is 2. The first-order valence-electron chi connectivity index (χ1n) is 8.03. The van der Waals surface area contributed by atoms with Crippen LogP contribution in [-0.2, 0) is 4.74 Å². The Bertz CT molecular complexity index is 865. The lowest BCUT2D eigenvalue weighted by molar-refractivity contribution is 0.0635. The first-order chi connectivity index (χ1) is 12.6. The third kappa shape index (κ3) is 5.96. The maximum Gasteiger partial charge on any atom is 0.412 e. The van der Waals surface area contributed by atoms with E-state index in [1.54, 1.807) is 39.0 Å². The van der Waals surface area contributed by atoms with E-state index in [2.05, 4.69) is 26.6 Å². The maximum absolute atomic E-state index is 13.7. The second-order valence-corrected chi connectivity index (χ2v) is 7.47. The Morgan fingerprint density at radius 1 is 1.04 bits per heavy atom. The number of methoxy groups -OCH3 is 1. The zero-order chi connectivity index (χ0) is 20.2. The summed E-state index contributed by atoms with van der Waals surface area (Å²) in [5.41, 5.74) is -0.0978. The summed E-state index contributed by atoms with van der Waals surface area (Å²) in [5.74, 6) is -0.571. The number of hydrogen-bond acceptors (Lipinski definition) is 4. The maximum atomic E-state index is 13.7. The minimum absolute atomic E-state index is 0.0978. The second-order valence-electron chi connectivity index (χ2n) is 6.62. The molecule has 6 nitrogen and oxygen atoms in total. The fourth-order valence-corrected chi connectivity index (χ4v) is 2.56. The van der Waals surface area contributed by atoms with Crippen LogP contribution in [0, 0.1) is 5.82 Å². The third-order valence-electron chi connectivity index (χ3n) is 3.28. The monoisotopic (exact) mass is 438 g/mol. The molecule has 0 radical (unpaired) electrons. The van der Waals surface area contributed by atoms with Crippen molar-refractivity contribution >= 4 is 39.3 Å². The summed E-state index contributed by atoms with van der Waals surface area (Å²) < 4.78 is 24.5. The zero-order valence-electron chi connectivity index (χ0n) is 15.4. The Labute approximate surface area is 165 Å². The van der Waals surface area contributed by atoms with Crippen molar-refractivity contribution in [2.45, 2.75) is 26.4 Å². The van der Waals surface area contributed by atoms with Gasteiger partial charge in [-0.15, -0.1) is 0 Å². The summed E-state index contributed by atoms with van der Waals surface area (Å²) in [7, 11) is 1.49. The number of amides is 2. The molecule has 0 aliphatic heterocycles. The predicted molar refractivity (Wildman–Crippen MR) is 105 cm³/mol. The average Bonchev–Trinajstić information content (AvgIpc) is 2.56. The van der Waals surface area contributed by atoms with Crippen LogP contribution >= 0.6 is 15.9 Å². The lowest BCUT2D eigenvalue weighted by atomic mass is 10.2. The van der Waals surface area contributed by atoms with Crippen molar-refractivity contribution < 1.29 is 23.5 Å². The lowest BCUT2D eigenvalue weighted by Crippen LogP contribution is -2.27. The fraction of sp³-hybridized carbons (Fsp3) is 0.263. The van der Waals surface area contributed by atoms with Crippen LogP contribution in [0.25, 0.3) is 0 Å². The Kier molecular flexibility index (Phi) is 6.43. The average molecular weight is 439 g/mol. The van der Waals surface area contributed by atoms with Gasteiger partial charge in [0, 0.05) is 4.47 Å². The van der Waals surface area contributed by atoms with Gasteiger partial charge >= 0.3 is 6.09 Å². The van der Waals surface area contributed by atoms with Gasteiger partial charge in [0.05, 0.1) is 24.0 Å². The van der Waals surface area contributed by atoms with Gasteiger partial charge in [-0.05, 0) is 73.1 Å². The smallest absolute Gasteiger partial charge is 0.412 e. The first kappa shape index (κ1) is 20.7. The zero-order valence-corrected chi connectivity index (χ0v) is 16.9. The van der Waals surface area contributed by atoms with Crippen molar-refractivity contribution in [1.29, 1.82) is 0 Å². The Morgan fingerprint density at radius 3 is 2.37 bits per heavy atom. The number of rotatable bonds is 4. The van der Waals surface area contributed by atoms with Gasteiger partial charge in [0.25, 0.3) is 5.91 Å². The number of anilines is 2. The summed E-state index contributed by atoms with van der Waals surface area (Å²) in [6.07, 6.45) is -0.716. The molecule has 0 spiro atoms. The van der Waals surface area contributed by atoms with Gasteiger partial charge in [0.1, 0.15) is 17.2 Å². The van der Waals surface area contributed by atoms with E-state index in [-0.39, 0.29) is 11.4 Å². The molecule has 0 fully saturated rings. The minimum Gasteiger partial charge on any atom is -0.497 e. The van der Waals surface area contributed by atoms with E-state index in [1.165, 1.54) is 19.2 Å². The molecule has 2 rings (SSSR count). The van der Waals surface area contributed by atoms with Crippen molar-refractivity contribution in [1.82, 2.24) is 0 Å². The van der Waals surface area contributed by atoms with Crippen LogP contribution in [0.2, 0.25) is 0 Å². The van der Waals surface area contributed by atoms with E-state index in [9.17, 15) is 14.0 Å². The molecule has 2 aromatic rings. The molecule has 0 aromatic heterocycles. The largest absolute Gasteiger partial charge is 0.497 e. The molecule has 144 valence electrons. The molecule has 2 aromatic carbocycles. The van der Waals surface area contributed by atoms with Gasteiger partial charge in [-0.25, -0.2) is 9.18 Å². The van der Waals surface area contributed by atoms with Gasteiger partial charge in [-0.3, -0.25) is 10.1 Å². The van der Waals surface area contributed by atoms with Gasteiger partial charge < -0.3 is 14.8 Å².